The summed E-state index contributed by atoms with van der Waals surface area (Å²) in [4.78, 5) is 0. The van der Waals surface area contributed by atoms with Gasteiger partial charge in [0.25, 0.3) is 10.2 Å². The van der Waals surface area contributed by atoms with Gasteiger partial charge >= 0.3 is 0 Å². The molecule has 0 saturated carbocycles. The van der Waals surface area contributed by atoms with Crippen LogP contribution in [0.3, 0.4) is 0 Å². The van der Waals surface area contributed by atoms with Crippen LogP contribution in [0.4, 0.5) is 4.39 Å². The van der Waals surface area contributed by atoms with Crippen molar-refractivity contribution in [1.82, 2.24) is 9.03 Å². The molecule has 0 aromatic heterocycles. The van der Waals surface area contributed by atoms with E-state index in [1.54, 1.807) is 0 Å². The van der Waals surface area contributed by atoms with E-state index in [2.05, 4.69) is 4.72 Å². The van der Waals surface area contributed by atoms with E-state index in [4.69, 9.17) is 0 Å². The smallest absolute Gasteiger partial charge is 0.279 e. The first-order chi connectivity index (χ1) is 7.83. The summed E-state index contributed by atoms with van der Waals surface area (Å²) in [6.07, 6.45) is -1.01. The lowest BCUT2D eigenvalue weighted by Crippen LogP contribution is -2.37. The number of aliphatic hydroxyl groups excluding tert-OH is 1. The third-order valence-electron chi connectivity index (χ3n) is 2.19. The molecule has 2 N–H and O–H groups in total. The molecule has 1 aromatic carbocycles. The van der Waals surface area contributed by atoms with E-state index < -0.39 is 22.1 Å². The Morgan fingerprint density at radius 3 is 2.35 bits per heavy atom. The summed E-state index contributed by atoms with van der Waals surface area (Å²) in [5, 5.41) is 9.69. The third kappa shape index (κ3) is 4.04. The number of halogens is 1. The van der Waals surface area contributed by atoms with Crippen LogP contribution in [0, 0.1) is 5.82 Å². The van der Waals surface area contributed by atoms with Crippen LogP contribution in [-0.4, -0.2) is 38.5 Å². The van der Waals surface area contributed by atoms with Crippen molar-refractivity contribution in [2.45, 2.75) is 6.10 Å². The van der Waals surface area contributed by atoms with Crippen molar-refractivity contribution in [2.24, 2.45) is 0 Å². The molecule has 1 unspecified atom stereocenters. The summed E-state index contributed by atoms with van der Waals surface area (Å²) >= 11 is 0. The number of nitrogens with zero attached hydrogens (tertiary/aromatic N) is 1. The Labute approximate surface area is 100 Å². The van der Waals surface area contributed by atoms with Crippen LogP contribution in [-0.2, 0) is 10.2 Å². The molecule has 7 heteroatoms. The first kappa shape index (κ1) is 14.0. The lowest BCUT2D eigenvalue weighted by molar-refractivity contribution is 0.181. The van der Waals surface area contributed by atoms with Crippen molar-refractivity contribution in [3.05, 3.63) is 35.6 Å². The second-order valence-electron chi connectivity index (χ2n) is 3.70. The molecule has 0 aliphatic heterocycles. The Kier molecular flexibility index (Phi) is 4.58. The van der Waals surface area contributed by atoms with E-state index in [9.17, 15) is 17.9 Å². The lowest BCUT2D eigenvalue weighted by atomic mass is 10.1. The van der Waals surface area contributed by atoms with Crippen LogP contribution in [0.15, 0.2) is 24.3 Å². The maximum atomic E-state index is 12.6. The number of hydrogen-bond acceptors (Lipinski definition) is 3. The van der Waals surface area contributed by atoms with Gasteiger partial charge in [0.2, 0.25) is 0 Å². The molecule has 0 radical (unpaired) electrons. The van der Waals surface area contributed by atoms with E-state index >= 15 is 0 Å². The highest BCUT2D eigenvalue weighted by molar-refractivity contribution is 7.87. The summed E-state index contributed by atoms with van der Waals surface area (Å²) in [5.74, 6) is -0.408. The van der Waals surface area contributed by atoms with E-state index in [-0.39, 0.29) is 6.54 Å². The van der Waals surface area contributed by atoms with Gasteiger partial charge in [0.1, 0.15) is 5.82 Å². The highest BCUT2D eigenvalue weighted by Crippen LogP contribution is 2.12. The van der Waals surface area contributed by atoms with Gasteiger partial charge in [0.05, 0.1) is 6.10 Å². The number of nitrogens with one attached hydrogen (secondary N) is 1. The number of benzene rings is 1. The minimum Gasteiger partial charge on any atom is -0.387 e. The molecule has 0 aliphatic rings. The standard InChI is InChI=1S/C10H15FN2O3S/c1-13(2)17(15,16)12-7-10(14)8-3-5-9(11)6-4-8/h3-6,10,12,14H,7H2,1-2H3. The quantitative estimate of drug-likeness (QED) is 0.799. The summed E-state index contributed by atoms with van der Waals surface area (Å²) in [5.41, 5.74) is 0.452. The van der Waals surface area contributed by atoms with Crippen LogP contribution >= 0.6 is 0 Å². The van der Waals surface area contributed by atoms with Gasteiger partial charge in [0.15, 0.2) is 0 Å². The zero-order valence-corrected chi connectivity index (χ0v) is 10.4. The van der Waals surface area contributed by atoms with Gasteiger partial charge in [-0.3, -0.25) is 0 Å². The van der Waals surface area contributed by atoms with Gasteiger partial charge in [-0.05, 0) is 17.7 Å². The van der Waals surface area contributed by atoms with Gasteiger partial charge in [-0.15, -0.1) is 0 Å². The second kappa shape index (κ2) is 5.54. The molecule has 17 heavy (non-hydrogen) atoms. The molecule has 96 valence electrons. The summed E-state index contributed by atoms with van der Waals surface area (Å²) < 4.78 is 38.6. The molecule has 0 fully saturated rings. The molecule has 0 aliphatic carbocycles. The Morgan fingerprint density at radius 1 is 1.35 bits per heavy atom. The third-order valence-corrected chi connectivity index (χ3v) is 3.69. The van der Waals surface area contributed by atoms with Crippen LogP contribution in [0.1, 0.15) is 11.7 Å². The maximum Gasteiger partial charge on any atom is 0.279 e. The zero-order valence-electron chi connectivity index (χ0n) is 9.59. The zero-order chi connectivity index (χ0) is 13.1. The largest absolute Gasteiger partial charge is 0.387 e. The highest BCUT2D eigenvalue weighted by atomic mass is 32.2. The monoisotopic (exact) mass is 262 g/mol. The molecule has 1 rings (SSSR count). The Morgan fingerprint density at radius 2 is 1.88 bits per heavy atom. The molecule has 5 nitrogen and oxygen atoms in total. The molecule has 0 saturated heterocycles. The molecule has 0 heterocycles. The van der Waals surface area contributed by atoms with Crippen molar-refractivity contribution in [1.29, 1.82) is 0 Å². The fourth-order valence-corrected chi connectivity index (χ4v) is 1.74. The first-order valence-electron chi connectivity index (χ1n) is 4.93. The summed E-state index contributed by atoms with van der Waals surface area (Å²) in [6.45, 7) is -0.161. The molecule has 1 aromatic rings. The van der Waals surface area contributed by atoms with E-state index in [0.29, 0.717) is 5.56 Å². The topological polar surface area (TPSA) is 69.6 Å². The van der Waals surface area contributed by atoms with Crippen molar-refractivity contribution < 1.29 is 17.9 Å². The normalized spacial score (nSPS) is 13.9. The maximum absolute atomic E-state index is 12.6. The van der Waals surface area contributed by atoms with E-state index in [1.807, 2.05) is 0 Å². The molecule has 1 atom stereocenters. The molecular weight excluding hydrogens is 247 g/mol. The van der Waals surface area contributed by atoms with Crippen LogP contribution in [0.2, 0.25) is 0 Å². The number of aliphatic hydroxyl groups is 1. The molecule has 0 bridgehead atoms. The van der Waals surface area contributed by atoms with Crippen LogP contribution in [0.5, 0.6) is 0 Å². The number of hydrogen-bond donors (Lipinski definition) is 2. The molecule has 0 spiro atoms. The van der Waals surface area contributed by atoms with Crippen LogP contribution in [0.25, 0.3) is 0 Å². The van der Waals surface area contributed by atoms with Crippen molar-refractivity contribution >= 4 is 10.2 Å². The Bertz CT molecular complexity index is 459. The van der Waals surface area contributed by atoms with Gasteiger partial charge in [-0.25, -0.2) is 4.39 Å². The van der Waals surface area contributed by atoms with Crippen molar-refractivity contribution in [3.63, 3.8) is 0 Å². The fraction of sp³-hybridized carbons (Fsp3) is 0.400. The minimum absolute atomic E-state index is 0.161. The Hall–Kier alpha value is -1.02. The second-order valence-corrected chi connectivity index (χ2v) is 5.67. The Balaban J connectivity index is 2.62. The molecule has 0 amide bonds. The molecular formula is C10H15FN2O3S. The van der Waals surface area contributed by atoms with Crippen LogP contribution < -0.4 is 4.72 Å². The van der Waals surface area contributed by atoms with Crippen molar-refractivity contribution in [3.8, 4) is 0 Å². The first-order valence-corrected chi connectivity index (χ1v) is 6.37. The van der Waals surface area contributed by atoms with E-state index in [1.165, 1.54) is 38.4 Å². The SMILES string of the molecule is CN(C)S(=O)(=O)NCC(O)c1ccc(F)cc1. The fourth-order valence-electron chi connectivity index (χ4n) is 1.12. The highest BCUT2D eigenvalue weighted by Gasteiger charge is 2.15. The minimum atomic E-state index is -3.56. The number of rotatable bonds is 5. The van der Waals surface area contributed by atoms with Gasteiger partial charge in [-0.1, -0.05) is 12.1 Å². The van der Waals surface area contributed by atoms with Gasteiger partial charge in [0, 0.05) is 20.6 Å². The van der Waals surface area contributed by atoms with E-state index in [0.717, 1.165) is 4.31 Å². The predicted molar refractivity (Wildman–Crippen MR) is 62.0 cm³/mol. The predicted octanol–water partition coefficient (Wildman–Crippen LogP) is 0.255. The summed E-state index contributed by atoms with van der Waals surface area (Å²) in [7, 11) is -0.797. The van der Waals surface area contributed by atoms with Gasteiger partial charge < -0.3 is 5.11 Å². The lowest BCUT2D eigenvalue weighted by Gasteiger charge is -2.15. The van der Waals surface area contributed by atoms with Gasteiger partial charge in [-0.2, -0.15) is 17.4 Å². The van der Waals surface area contributed by atoms with Crippen molar-refractivity contribution in [2.75, 3.05) is 20.6 Å². The average molecular weight is 262 g/mol. The average Bonchev–Trinajstić information content (AvgIpc) is 2.27. The summed E-state index contributed by atoms with van der Waals surface area (Å²) in [6, 6.07) is 5.23.